The second-order valence-corrected chi connectivity index (χ2v) is 4.68. The minimum Gasteiger partial charge on any atom is -0.477 e. The van der Waals surface area contributed by atoms with Crippen LogP contribution in [-0.2, 0) is 17.8 Å². The molecule has 0 radical (unpaired) electrons. The fraction of sp³-hybridized carbons (Fsp3) is 0.600. The van der Waals surface area contributed by atoms with Crippen LogP contribution in [0.4, 0.5) is 17.6 Å². The highest BCUT2D eigenvalue weighted by Gasteiger charge is 2.41. The van der Waals surface area contributed by atoms with Crippen LogP contribution in [0.3, 0.4) is 0 Å². The van der Waals surface area contributed by atoms with Crippen LogP contribution in [0.2, 0.25) is 0 Å². The molecule has 0 aliphatic carbocycles. The number of aromatic carboxylic acids is 1. The number of rotatable bonds is 7. The molecule has 1 heterocycles. The van der Waals surface area contributed by atoms with E-state index >= 15 is 0 Å². The number of halogens is 4. The van der Waals surface area contributed by atoms with Crippen molar-refractivity contribution in [3.63, 3.8) is 0 Å². The summed E-state index contributed by atoms with van der Waals surface area (Å²) >= 11 is 0.783. The number of ether oxygens (including phenoxy) is 1. The summed E-state index contributed by atoms with van der Waals surface area (Å²) in [5.41, 5.74) is 0.316. The lowest BCUT2D eigenvalue weighted by atomic mass is 10.3. The van der Waals surface area contributed by atoms with Gasteiger partial charge in [0.25, 0.3) is 0 Å². The van der Waals surface area contributed by atoms with Crippen LogP contribution in [0.1, 0.15) is 27.3 Å². The monoisotopic (exact) mass is 301 g/mol. The Labute approximate surface area is 110 Å². The van der Waals surface area contributed by atoms with Crippen LogP contribution in [0.5, 0.6) is 0 Å². The van der Waals surface area contributed by atoms with Gasteiger partial charge in [-0.25, -0.2) is 18.6 Å². The molecule has 0 saturated carbocycles. The van der Waals surface area contributed by atoms with Crippen LogP contribution >= 0.6 is 11.3 Å². The van der Waals surface area contributed by atoms with Crippen molar-refractivity contribution in [2.75, 3.05) is 6.61 Å². The lowest BCUT2D eigenvalue weighted by molar-refractivity contribution is -0.168. The molecule has 4 nitrogen and oxygen atoms in total. The normalized spacial score (nSPS) is 12.1. The molecule has 0 bridgehead atoms. The number of aryl methyl sites for hydroxylation is 1. The Morgan fingerprint density at radius 3 is 2.58 bits per heavy atom. The highest BCUT2D eigenvalue weighted by molar-refractivity contribution is 7.13. The molecule has 108 valence electrons. The number of carboxylic acid groups (broad SMARTS) is 1. The van der Waals surface area contributed by atoms with Crippen molar-refractivity contribution < 1.29 is 32.2 Å². The molecule has 1 rings (SSSR count). The first-order chi connectivity index (χ1) is 8.77. The van der Waals surface area contributed by atoms with Gasteiger partial charge in [-0.05, 0) is 6.42 Å². The molecule has 0 fully saturated rings. The number of aromatic nitrogens is 1. The maximum Gasteiger partial charge on any atom is 0.347 e. The maximum atomic E-state index is 12.5. The fourth-order valence-electron chi connectivity index (χ4n) is 1.21. The minimum absolute atomic E-state index is 0.00159. The lowest BCUT2D eigenvalue weighted by Gasteiger charge is -2.14. The smallest absolute Gasteiger partial charge is 0.347 e. The third-order valence-electron chi connectivity index (χ3n) is 2.11. The van der Waals surface area contributed by atoms with E-state index in [1.807, 2.05) is 0 Å². The molecule has 0 saturated heterocycles. The first-order valence-electron chi connectivity index (χ1n) is 5.23. The molecule has 0 spiro atoms. The Morgan fingerprint density at radius 2 is 2.16 bits per heavy atom. The van der Waals surface area contributed by atoms with Crippen LogP contribution < -0.4 is 0 Å². The zero-order valence-electron chi connectivity index (χ0n) is 9.83. The van der Waals surface area contributed by atoms with Crippen molar-refractivity contribution in [3.05, 3.63) is 15.6 Å². The van der Waals surface area contributed by atoms with Crippen LogP contribution in [0.25, 0.3) is 0 Å². The zero-order chi connectivity index (χ0) is 14.6. The third-order valence-corrected chi connectivity index (χ3v) is 3.17. The van der Waals surface area contributed by atoms with Crippen LogP contribution in [-0.4, -0.2) is 35.0 Å². The van der Waals surface area contributed by atoms with Gasteiger partial charge in [0.1, 0.15) is 16.5 Å². The summed E-state index contributed by atoms with van der Waals surface area (Å²) in [6.07, 6.45) is -3.43. The average Bonchev–Trinajstić information content (AvgIpc) is 2.72. The van der Waals surface area contributed by atoms with E-state index in [0.717, 1.165) is 11.3 Å². The lowest BCUT2D eigenvalue weighted by Crippen LogP contribution is -2.32. The van der Waals surface area contributed by atoms with Gasteiger partial charge in [-0.2, -0.15) is 8.78 Å². The second-order valence-electron chi connectivity index (χ2n) is 3.60. The maximum absolute atomic E-state index is 12.5. The van der Waals surface area contributed by atoms with Gasteiger partial charge in [0, 0.05) is 0 Å². The van der Waals surface area contributed by atoms with Crippen molar-refractivity contribution in [2.45, 2.75) is 32.3 Å². The Hall–Kier alpha value is -1.22. The number of carbonyl (C=O) groups is 1. The van der Waals surface area contributed by atoms with Crippen molar-refractivity contribution >= 4 is 17.3 Å². The Balaban J connectivity index is 2.62. The van der Waals surface area contributed by atoms with Gasteiger partial charge >= 0.3 is 18.3 Å². The summed E-state index contributed by atoms with van der Waals surface area (Å²) in [6.45, 7) is -0.168. The van der Waals surface area contributed by atoms with Gasteiger partial charge < -0.3 is 9.84 Å². The van der Waals surface area contributed by atoms with Gasteiger partial charge in [-0.15, -0.1) is 11.3 Å². The number of carboxylic acids is 1. The Bertz CT molecular complexity index is 450. The summed E-state index contributed by atoms with van der Waals surface area (Å²) in [6, 6.07) is 0. The second kappa shape index (κ2) is 6.29. The summed E-state index contributed by atoms with van der Waals surface area (Å²) in [5.74, 6) is -5.39. The van der Waals surface area contributed by atoms with Crippen molar-refractivity contribution in [3.8, 4) is 0 Å². The van der Waals surface area contributed by atoms with Crippen LogP contribution in [0.15, 0.2) is 0 Å². The molecule has 0 aliphatic heterocycles. The van der Waals surface area contributed by atoms with E-state index in [9.17, 15) is 22.4 Å². The number of nitrogens with zero attached hydrogens (tertiary/aromatic N) is 1. The molecule has 0 aromatic carbocycles. The fourth-order valence-corrected chi connectivity index (χ4v) is 2.14. The predicted molar refractivity (Wildman–Crippen MR) is 59.1 cm³/mol. The van der Waals surface area contributed by atoms with Crippen molar-refractivity contribution in [2.24, 2.45) is 0 Å². The molecule has 1 N–H and O–H groups in total. The minimum atomic E-state index is -4.22. The number of hydrogen-bond donors (Lipinski definition) is 1. The van der Waals surface area contributed by atoms with Crippen LogP contribution in [0, 0.1) is 0 Å². The molecule has 9 heteroatoms. The standard InChI is InChI=1S/C10H11F4NO3S/c1-2-5-7(8(16)17)19-6(15-5)3-18-4-10(13,14)9(11)12/h9H,2-4H2,1H3,(H,16,17). The van der Waals surface area contributed by atoms with E-state index in [2.05, 4.69) is 9.72 Å². The van der Waals surface area contributed by atoms with Crippen molar-refractivity contribution in [1.29, 1.82) is 0 Å². The molecule has 0 atom stereocenters. The highest BCUT2D eigenvalue weighted by Crippen LogP contribution is 2.24. The predicted octanol–water partition coefficient (Wildman–Crippen LogP) is 2.82. The largest absolute Gasteiger partial charge is 0.477 e. The Morgan fingerprint density at radius 1 is 1.53 bits per heavy atom. The van der Waals surface area contributed by atoms with Crippen molar-refractivity contribution in [1.82, 2.24) is 4.98 Å². The molecular formula is C10H11F4NO3S. The topological polar surface area (TPSA) is 59.4 Å². The number of hydrogen-bond acceptors (Lipinski definition) is 4. The van der Waals surface area contributed by atoms with E-state index in [1.165, 1.54) is 0 Å². The van der Waals surface area contributed by atoms with Gasteiger partial charge in [0.15, 0.2) is 0 Å². The summed E-state index contributed by atoms with van der Waals surface area (Å²) in [7, 11) is 0. The number of thiazole rings is 1. The SMILES string of the molecule is CCc1nc(COCC(F)(F)C(F)F)sc1C(=O)O. The first-order valence-corrected chi connectivity index (χ1v) is 6.05. The molecule has 0 aliphatic rings. The van der Waals surface area contributed by atoms with Gasteiger partial charge in [-0.1, -0.05) is 6.92 Å². The molecule has 19 heavy (non-hydrogen) atoms. The molecular weight excluding hydrogens is 290 g/mol. The highest BCUT2D eigenvalue weighted by atomic mass is 32.1. The van der Waals surface area contributed by atoms with E-state index in [0.29, 0.717) is 12.1 Å². The molecule has 0 unspecified atom stereocenters. The molecule has 0 amide bonds. The van der Waals surface area contributed by atoms with E-state index in [4.69, 9.17) is 5.11 Å². The Kier molecular flexibility index (Phi) is 5.24. The quantitative estimate of drug-likeness (QED) is 0.787. The summed E-state index contributed by atoms with van der Waals surface area (Å²) in [5, 5.41) is 9.01. The van der Waals surface area contributed by atoms with E-state index in [-0.39, 0.29) is 9.88 Å². The molecule has 1 aromatic heterocycles. The first kappa shape index (κ1) is 15.8. The van der Waals surface area contributed by atoms with Gasteiger partial charge in [0.2, 0.25) is 0 Å². The average molecular weight is 301 g/mol. The number of alkyl halides is 4. The molecule has 1 aromatic rings. The zero-order valence-corrected chi connectivity index (χ0v) is 10.6. The van der Waals surface area contributed by atoms with Gasteiger partial charge in [-0.3, -0.25) is 0 Å². The summed E-state index contributed by atoms with van der Waals surface area (Å²) in [4.78, 5) is 14.7. The van der Waals surface area contributed by atoms with E-state index in [1.54, 1.807) is 6.92 Å². The van der Waals surface area contributed by atoms with Gasteiger partial charge in [0.05, 0.1) is 12.3 Å². The van der Waals surface area contributed by atoms with E-state index < -0.39 is 31.5 Å². The summed E-state index contributed by atoms with van der Waals surface area (Å²) < 4.78 is 53.2. The third kappa shape index (κ3) is 4.13.